The smallest absolute Gasteiger partial charge is 0.191 e. The molecule has 0 bridgehead atoms. The van der Waals surface area contributed by atoms with E-state index in [1.54, 1.807) is 13.2 Å². The molecule has 1 saturated heterocycles. The van der Waals surface area contributed by atoms with Gasteiger partial charge in [-0.1, -0.05) is 23.7 Å². The summed E-state index contributed by atoms with van der Waals surface area (Å²) in [7, 11) is 3.93. The highest BCUT2D eigenvalue weighted by molar-refractivity contribution is 6.31. The van der Waals surface area contributed by atoms with Gasteiger partial charge in [0.2, 0.25) is 0 Å². The van der Waals surface area contributed by atoms with Crippen LogP contribution in [0.3, 0.4) is 0 Å². The number of anilines is 1. The van der Waals surface area contributed by atoms with Crippen molar-refractivity contribution in [1.29, 1.82) is 0 Å². The third kappa shape index (κ3) is 5.34. The van der Waals surface area contributed by atoms with Crippen LogP contribution in [0.25, 0.3) is 0 Å². The van der Waals surface area contributed by atoms with Crippen molar-refractivity contribution in [3.05, 3.63) is 58.9 Å². The van der Waals surface area contributed by atoms with Crippen LogP contribution in [-0.4, -0.2) is 56.1 Å². The number of nitrogens with one attached hydrogen (secondary N) is 2. The van der Waals surface area contributed by atoms with E-state index in [1.165, 1.54) is 5.69 Å². The molecule has 144 valence electrons. The maximum Gasteiger partial charge on any atom is 0.191 e. The zero-order valence-corrected chi connectivity index (χ0v) is 16.7. The molecule has 1 aliphatic heterocycles. The normalized spacial score (nSPS) is 15.7. The summed E-state index contributed by atoms with van der Waals surface area (Å²) in [5.74, 6) is 0.727. The van der Waals surface area contributed by atoms with Crippen LogP contribution in [0.4, 0.5) is 5.69 Å². The number of hydrogen-bond acceptors (Lipinski definition) is 4. The summed E-state index contributed by atoms with van der Waals surface area (Å²) in [6.45, 7) is 5.38. The average Bonchev–Trinajstić information content (AvgIpc) is 2.70. The molecule has 1 aromatic carbocycles. The maximum atomic E-state index is 6.53. The zero-order chi connectivity index (χ0) is 19.1. The minimum Gasteiger partial charge on any atom is -0.369 e. The number of halogens is 1. The van der Waals surface area contributed by atoms with Crippen LogP contribution < -0.4 is 15.5 Å². The molecule has 2 aromatic rings. The number of nitrogens with zero attached hydrogens (tertiary/aromatic N) is 4. The van der Waals surface area contributed by atoms with E-state index in [1.807, 2.05) is 30.3 Å². The quantitative estimate of drug-likeness (QED) is 0.610. The first-order valence-corrected chi connectivity index (χ1v) is 9.60. The van der Waals surface area contributed by atoms with Crippen molar-refractivity contribution in [2.45, 2.75) is 13.1 Å². The van der Waals surface area contributed by atoms with Crippen LogP contribution in [0.2, 0.25) is 5.02 Å². The third-order valence-corrected chi connectivity index (χ3v) is 5.11. The fourth-order valence-electron chi connectivity index (χ4n) is 3.14. The molecule has 27 heavy (non-hydrogen) atoms. The Morgan fingerprint density at radius 1 is 1.07 bits per heavy atom. The highest BCUT2D eigenvalue weighted by Crippen LogP contribution is 2.28. The van der Waals surface area contributed by atoms with Crippen molar-refractivity contribution in [2.75, 3.05) is 45.2 Å². The number of guanidine groups is 1. The van der Waals surface area contributed by atoms with Crippen LogP contribution in [-0.2, 0) is 13.1 Å². The number of pyridine rings is 1. The highest BCUT2D eigenvalue weighted by Gasteiger charge is 2.18. The minimum absolute atomic E-state index is 0.614. The van der Waals surface area contributed by atoms with Gasteiger partial charge in [0.25, 0.3) is 0 Å². The molecular formula is C20H27ClN6. The van der Waals surface area contributed by atoms with Gasteiger partial charge in [-0.15, -0.1) is 0 Å². The Balaban J connectivity index is 1.64. The molecule has 3 rings (SSSR count). The molecule has 1 aromatic heterocycles. The first-order valence-electron chi connectivity index (χ1n) is 9.22. The second-order valence-corrected chi connectivity index (χ2v) is 7.04. The molecule has 2 heterocycles. The molecule has 0 radical (unpaired) electrons. The van der Waals surface area contributed by atoms with Gasteiger partial charge in [0.15, 0.2) is 5.96 Å². The summed E-state index contributed by atoms with van der Waals surface area (Å²) in [5, 5.41) is 7.44. The molecule has 0 atom stereocenters. The summed E-state index contributed by atoms with van der Waals surface area (Å²) in [5.41, 5.74) is 3.27. The molecule has 0 amide bonds. The number of likely N-dealkylation sites (N-methyl/N-ethyl adjacent to an activating group) is 1. The molecule has 0 spiro atoms. The zero-order valence-electron chi connectivity index (χ0n) is 16.0. The van der Waals surface area contributed by atoms with E-state index in [4.69, 9.17) is 11.6 Å². The topological polar surface area (TPSA) is 55.8 Å². The first-order chi connectivity index (χ1) is 13.2. The van der Waals surface area contributed by atoms with E-state index in [0.29, 0.717) is 13.1 Å². The minimum atomic E-state index is 0.614. The number of piperazine rings is 1. The number of aliphatic imine (C=N–C) groups is 1. The van der Waals surface area contributed by atoms with Crippen LogP contribution in [0, 0.1) is 0 Å². The highest BCUT2D eigenvalue weighted by atomic mass is 35.5. The molecule has 1 aliphatic rings. The fourth-order valence-corrected chi connectivity index (χ4v) is 3.37. The average molecular weight is 387 g/mol. The van der Waals surface area contributed by atoms with Gasteiger partial charge in [-0.3, -0.25) is 9.98 Å². The lowest BCUT2D eigenvalue weighted by Crippen LogP contribution is -2.45. The van der Waals surface area contributed by atoms with Crippen LogP contribution >= 0.6 is 11.6 Å². The molecule has 1 fully saturated rings. The van der Waals surface area contributed by atoms with Crippen molar-refractivity contribution in [1.82, 2.24) is 20.5 Å². The van der Waals surface area contributed by atoms with Crippen LogP contribution in [0.1, 0.15) is 11.3 Å². The van der Waals surface area contributed by atoms with Crippen molar-refractivity contribution < 1.29 is 0 Å². The lowest BCUT2D eigenvalue weighted by Gasteiger charge is -2.35. The van der Waals surface area contributed by atoms with Crippen molar-refractivity contribution >= 4 is 23.2 Å². The Labute approximate surface area is 166 Å². The van der Waals surface area contributed by atoms with E-state index < -0.39 is 0 Å². The Bertz CT molecular complexity index is 756. The van der Waals surface area contributed by atoms with Crippen molar-refractivity contribution in [3.63, 3.8) is 0 Å². The summed E-state index contributed by atoms with van der Waals surface area (Å²) < 4.78 is 0. The van der Waals surface area contributed by atoms with Gasteiger partial charge in [0.1, 0.15) is 0 Å². The summed E-state index contributed by atoms with van der Waals surface area (Å²) >= 11 is 6.53. The second kappa shape index (κ2) is 9.58. The number of rotatable bonds is 5. The van der Waals surface area contributed by atoms with Gasteiger partial charge in [-0.25, -0.2) is 0 Å². The van der Waals surface area contributed by atoms with Gasteiger partial charge < -0.3 is 20.4 Å². The molecule has 2 N–H and O–H groups in total. The number of hydrogen-bond donors (Lipinski definition) is 2. The van der Waals surface area contributed by atoms with Gasteiger partial charge >= 0.3 is 0 Å². The first kappa shape index (κ1) is 19.5. The van der Waals surface area contributed by atoms with E-state index in [2.05, 4.69) is 43.5 Å². The summed E-state index contributed by atoms with van der Waals surface area (Å²) in [4.78, 5) is 13.4. The van der Waals surface area contributed by atoms with Gasteiger partial charge in [-0.2, -0.15) is 0 Å². The van der Waals surface area contributed by atoms with E-state index in [-0.39, 0.29) is 0 Å². The Morgan fingerprint density at radius 2 is 1.85 bits per heavy atom. The molecule has 0 aliphatic carbocycles. The Morgan fingerprint density at radius 3 is 2.56 bits per heavy atom. The van der Waals surface area contributed by atoms with E-state index in [0.717, 1.165) is 48.4 Å². The number of aromatic nitrogens is 1. The molecule has 0 unspecified atom stereocenters. The van der Waals surface area contributed by atoms with Crippen molar-refractivity contribution in [3.8, 4) is 0 Å². The van der Waals surface area contributed by atoms with Crippen LogP contribution in [0.15, 0.2) is 47.6 Å². The van der Waals surface area contributed by atoms with Crippen molar-refractivity contribution in [2.24, 2.45) is 4.99 Å². The fraction of sp³-hybridized carbons (Fsp3) is 0.400. The predicted octanol–water partition coefficient (Wildman–Crippen LogP) is 2.35. The van der Waals surface area contributed by atoms with E-state index >= 15 is 0 Å². The number of benzene rings is 1. The van der Waals surface area contributed by atoms with Gasteiger partial charge in [0.05, 0.1) is 12.2 Å². The monoisotopic (exact) mass is 386 g/mol. The Hall–Kier alpha value is -2.31. The van der Waals surface area contributed by atoms with E-state index in [9.17, 15) is 0 Å². The second-order valence-electron chi connectivity index (χ2n) is 6.63. The van der Waals surface area contributed by atoms with Crippen LogP contribution in [0.5, 0.6) is 0 Å². The summed E-state index contributed by atoms with van der Waals surface area (Å²) in [6.07, 6.45) is 1.79. The lowest BCUT2D eigenvalue weighted by atomic mass is 10.1. The molecular weight excluding hydrogens is 360 g/mol. The molecule has 7 heteroatoms. The standard InChI is InChI=1S/C20H27ClN6/c1-22-20(24-14-16-6-3-4-9-23-16)25-15-17-18(21)7-5-8-19(17)27-12-10-26(2)11-13-27/h3-9H,10-15H2,1-2H3,(H2,22,24,25). The largest absolute Gasteiger partial charge is 0.369 e. The van der Waals surface area contributed by atoms with Gasteiger partial charge in [-0.05, 0) is 31.3 Å². The lowest BCUT2D eigenvalue weighted by molar-refractivity contribution is 0.312. The molecule has 0 saturated carbocycles. The Kier molecular flexibility index (Phi) is 6.90. The predicted molar refractivity (Wildman–Crippen MR) is 112 cm³/mol. The third-order valence-electron chi connectivity index (χ3n) is 4.76. The molecule has 6 nitrogen and oxygen atoms in total. The SMILES string of the molecule is CN=C(NCc1ccccn1)NCc1c(Cl)cccc1N1CCN(C)CC1. The summed E-state index contributed by atoms with van der Waals surface area (Å²) in [6, 6.07) is 12.0. The van der Waals surface area contributed by atoms with Gasteiger partial charge in [0, 0.05) is 62.2 Å². The maximum absolute atomic E-state index is 6.53.